The molecule has 1 heterocycles. The summed E-state index contributed by atoms with van der Waals surface area (Å²) in [5, 5.41) is 5.46. The van der Waals surface area contributed by atoms with Gasteiger partial charge in [0, 0.05) is 21.0 Å². The normalized spacial score (nSPS) is 11.0. The molecule has 28 heavy (non-hydrogen) atoms. The van der Waals surface area contributed by atoms with E-state index in [9.17, 15) is 4.79 Å². The van der Waals surface area contributed by atoms with Gasteiger partial charge in [-0.25, -0.2) is 4.98 Å². The number of aryl methyl sites for hydroxylation is 1. The predicted molar refractivity (Wildman–Crippen MR) is 121 cm³/mol. The standard InChI is InChI=1S/C22H24BrN3OS/c1-26(2)13-4-3-6-16-9-11-17(12-10-16)21(27)25-22-24-20(15-28-22)18-7-5-8-19(23)14-18/h5,7-12,14-15H,3-4,6,13H2,1-2H3,(H,24,25,27). The number of nitrogens with zero attached hydrogens (tertiary/aromatic N) is 2. The fourth-order valence-electron chi connectivity index (χ4n) is 2.86. The Morgan fingerprint density at radius 2 is 1.93 bits per heavy atom. The van der Waals surface area contributed by atoms with Gasteiger partial charge in [-0.15, -0.1) is 11.3 Å². The Morgan fingerprint density at radius 3 is 2.64 bits per heavy atom. The minimum Gasteiger partial charge on any atom is -0.309 e. The van der Waals surface area contributed by atoms with Crippen LogP contribution in [0.15, 0.2) is 58.4 Å². The van der Waals surface area contributed by atoms with Crippen molar-refractivity contribution in [3.05, 3.63) is 69.5 Å². The van der Waals surface area contributed by atoms with E-state index in [-0.39, 0.29) is 5.91 Å². The van der Waals surface area contributed by atoms with Crippen LogP contribution in [-0.2, 0) is 6.42 Å². The number of benzene rings is 2. The summed E-state index contributed by atoms with van der Waals surface area (Å²) in [6.07, 6.45) is 3.37. The number of amides is 1. The molecule has 0 aliphatic carbocycles. The smallest absolute Gasteiger partial charge is 0.257 e. The molecule has 1 amide bonds. The molecule has 0 spiro atoms. The molecule has 0 unspecified atom stereocenters. The minimum absolute atomic E-state index is 0.130. The van der Waals surface area contributed by atoms with Crippen LogP contribution in [0.3, 0.4) is 0 Å². The highest BCUT2D eigenvalue weighted by Gasteiger charge is 2.10. The van der Waals surface area contributed by atoms with Gasteiger partial charge in [-0.3, -0.25) is 10.1 Å². The lowest BCUT2D eigenvalue weighted by molar-refractivity contribution is 0.102. The van der Waals surface area contributed by atoms with Gasteiger partial charge in [0.15, 0.2) is 5.13 Å². The molecule has 1 N–H and O–H groups in total. The molecular formula is C22H24BrN3OS. The molecule has 0 saturated heterocycles. The van der Waals surface area contributed by atoms with E-state index in [1.807, 2.05) is 53.9 Å². The van der Waals surface area contributed by atoms with Crippen LogP contribution >= 0.6 is 27.3 Å². The van der Waals surface area contributed by atoms with Gasteiger partial charge in [-0.2, -0.15) is 0 Å². The molecule has 0 aliphatic rings. The molecular weight excluding hydrogens is 434 g/mol. The van der Waals surface area contributed by atoms with Crippen molar-refractivity contribution in [1.29, 1.82) is 0 Å². The van der Waals surface area contributed by atoms with Crippen molar-refractivity contribution in [3.63, 3.8) is 0 Å². The quantitative estimate of drug-likeness (QED) is 0.440. The van der Waals surface area contributed by atoms with Crippen LogP contribution in [0.25, 0.3) is 11.3 Å². The van der Waals surface area contributed by atoms with Gasteiger partial charge in [0.2, 0.25) is 0 Å². The Bertz CT molecular complexity index is 922. The first kappa shape index (κ1) is 20.7. The van der Waals surface area contributed by atoms with E-state index in [1.165, 1.54) is 23.3 Å². The van der Waals surface area contributed by atoms with Crippen LogP contribution < -0.4 is 5.32 Å². The fraction of sp³-hybridized carbons (Fsp3) is 0.273. The first-order chi connectivity index (χ1) is 13.5. The lowest BCUT2D eigenvalue weighted by Crippen LogP contribution is -2.13. The number of thiazole rings is 1. The van der Waals surface area contributed by atoms with Crippen LogP contribution in [0.5, 0.6) is 0 Å². The molecule has 4 nitrogen and oxygen atoms in total. The first-order valence-corrected chi connectivity index (χ1v) is 10.9. The van der Waals surface area contributed by atoms with Crippen LogP contribution in [0.1, 0.15) is 28.8 Å². The van der Waals surface area contributed by atoms with Crippen LogP contribution in [0.4, 0.5) is 5.13 Å². The number of anilines is 1. The maximum Gasteiger partial charge on any atom is 0.257 e. The summed E-state index contributed by atoms with van der Waals surface area (Å²) >= 11 is 4.90. The minimum atomic E-state index is -0.130. The highest BCUT2D eigenvalue weighted by Crippen LogP contribution is 2.27. The molecule has 3 rings (SSSR count). The summed E-state index contributed by atoms with van der Waals surface area (Å²) in [7, 11) is 4.19. The third kappa shape index (κ3) is 5.99. The zero-order valence-corrected chi connectivity index (χ0v) is 18.5. The Labute approximate surface area is 178 Å². The molecule has 146 valence electrons. The second kappa shape index (κ2) is 9.96. The van der Waals surface area contributed by atoms with E-state index in [4.69, 9.17) is 0 Å². The molecule has 0 radical (unpaired) electrons. The molecule has 3 aromatic rings. The number of hydrogen-bond donors (Lipinski definition) is 1. The van der Waals surface area contributed by atoms with Gasteiger partial charge in [-0.05, 0) is 69.7 Å². The van der Waals surface area contributed by atoms with E-state index < -0.39 is 0 Å². The van der Waals surface area contributed by atoms with Crippen molar-refractivity contribution >= 4 is 38.3 Å². The zero-order valence-electron chi connectivity index (χ0n) is 16.1. The van der Waals surface area contributed by atoms with Gasteiger partial charge in [0.1, 0.15) is 0 Å². The van der Waals surface area contributed by atoms with Gasteiger partial charge in [0.05, 0.1) is 5.69 Å². The van der Waals surface area contributed by atoms with E-state index in [0.29, 0.717) is 10.7 Å². The van der Waals surface area contributed by atoms with Gasteiger partial charge in [0.25, 0.3) is 5.91 Å². The monoisotopic (exact) mass is 457 g/mol. The zero-order chi connectivity index (χ0) is 19.9. The fourth-order valence-corrected chi connectivity index (χ4v) is 3.97. The summed E-state index contributed by atoms with van der Waals surface area (Å²) in [6.45, 7) is 1.11. The number of carbonyl (C=O) groups is 1. The highest BCUT2D eigenvalue weighted by molar-refractivity contribution is 9.10. The van der Waals surface area contributed by atoms with Crippen molar-refractivity contribution in [2.45, 2.75) is 19.3 Å². The Hall–Kier alpha value is -2.02. The average Bonchev–Trinajstić information content (AvgIpc) is 3.14. The van der Waals surface area contributed by atoms with Crippen molar-refractivity contribution < 1.29 is 4.79 Å². The third-order valence-corrected chi connectivity index (χ3v) is 5.63. The largest absolute Gasteiger partial charge is 0.309 e. The number of rotatable bonds is 8. The van der Waals surface area contributed by atoms with Crippen LogP contribution in [-0.4, -0.2) is 36.4 Å². The van der Waals surface area contributed by atoms with Gasteiger partial charge < -0.3 is 4.90 Å². The number of aromatic nitrogens is 1. The van der Waals surface area contributed by atoms with E-state index in [1.54, 1.807) is 0 Å². The summed E-state index contributed by atoms with van der Waals surface area (Å²) in [5.41, 5.74) is 3.79. The maximum absolute atomic E-state index is 12.5. The topological polar surface area (TPSA) is 45.2 Å². The molecule has 0 aliphatic heterocycles. The molecule has 0 bridgehead atoms. The number of carbonyl (C=O) groups excluding carboxylic acids is 1. The molecule has 0 saturated carbocycles. The second-order valence-electron chi connectivity index (χ2n) is 6.96. The Morgan fingerprint density at radius 1 is 1.14 bits per heavy atom. The Balaban J connectivity index is 1.56. The van der Waals surface area contributed by atoms with E-state index >= 15 is 0 Å². The second-order valence-corrected chi connectivity index (χ2v) is 8.73. The third-order valence-electron chi connectivity index (χ3n) is 4.38. The highest BCUT2D eigenvalue weighted by atomic mass is 79.9. The number of halogens is 1. The van der Waals surface area contributed by atoms with E-state index in [0.717, 1.165) is 35.1 Å². The van der Waals surface area contributed by atoms with Crippen LogP contribution in [0, 0.1) is 0 Å². The lowest BCUT2D eigenvalue weighted by Gasteiger charge is -2.09. The summed E-state index contributed by atoms with van der Waals surface area (Å²) in [5.74, 6) is -0.130. The van der Waals surface area contributed by atoms with Crippen molar-refractivity contribution in [1.82, 2.24) is 9.88 Å². The predicted octanol–water partition coefficient (Wildman–Crippen LogP) is 5.71. The van der Waals surface area contributed by atoms with E-state index in [2.05, 4.69) is 45.2 Å². The number of nitrogens with one attached hydrogen (secondary N) is 1. The molecule has 0 fully saturated rings. The first-order valence-electron chi connectivity index (χ1n) is 9.28. The maximum atomic E-state index is 12.5. The van der Waals surface area contributed by atoms with Crippen molar-refractivity contribution in [3.8, 4) is 11.3 Å². The van der Waals surface area contributed by atoms with Gasteiger partial charge >= 0.3 is 0 Å². The summed E-state index contributed by atoms with van der Waals surface area (Å²) in [6, 6.07) is 15.8. The number of unbranched alkanes of at least 4 members (excludes halogenated alkanes) is 1. The summed E-state index contributed by atoms with van der Waals surface area (Å²) < 4.78 is 1.00. The van der Waals surface area contributed by atoms with Crippen molar-refractivity contribution in [2.75, 3.05) is 26.0 Å². The molecule has 2 aromatic carbocycles. The lowest BCUT2D eigenvalue weighted by atomic mass is 10.1. The SMILES string of the molecule is CN(C)CCCCc1ccc(C(=O)Nc2nc(-c3cccc(Br)c3)cs2)cc1. The Kier molecular flexibility index (Phi) is 7.36. The van der Waals surface area contributed by atoms with Crippen LogP contribution in [0.2, 0.25) is 0 Å². The molecule has 0 atom stereocenters. The van der Waals surface area contributed by atoms with Crippen molar-refractivity contribution in [2.24, 2.45) is 0 Å². The molecule has 6 heteroatoms. The average molecular weight is 458 g/mol. The molecule has 1 aromatic heterocycles. The summed E-state index contributed by atoms with van der Waals surface area (Å²) in [4.78, 5) is 19.2. The van der Waals surface area contributed by atoms with Gasteiger partial charge in [-0.1, -0.05) is 40.2 Å². The number of hydrogen-bond acceptors (Lipinski definition) is 4.